The van der Waals surface area contributed by atoms with Crippen LogP contribution in [0, 0.1) is 13.8 Å². The molecule has 0 unspecified atom stereocenters. The molecule has 0 aliphatic rings. The van der Waals surface area contributed by atoms with E-state index < -0.39 is 0 Å². The molecule has 32 heavy (non-hydrogen) atoms. The third-order valence-electron chi connectivity index (χ3n) is 5.02. The molecule has 0 saturated heterocycles. The first-order chi connectivity index (χ1) is 15.4. The number of carbonyl (C=O) groups excluding carboxylic acids is 1. The second-order valence-electron chi connectivity index (χ2n) is 7.50. The zero-order valence-corrected chi connectivity index (χ0v) is 18.8. The Bertz CT molecular complexity index is 1270. The number of benzene rings is 2. The van der Waals surface area contributed by atoms with Crippen LogP contribution < -0.4 is 16.0 Å². The first-order valence-electron chi connectivity index (χ1n) is 10.2. The second kappa shape index (κ2) is 9.20. The highest BCUT2D eigenvalue weighted by Gasteiger charge is 2.11. The lowest BCUT2D eigenvalue weighted by atomic mass is 10.1. The summed E-state index contributed by atoms with van der Waals surface area (Å²) in [5.41, 5.74) is 5.39. The Labute approximate surface area is 191 Å². The summed E-state index contributed by atoms with van der Waals surface area (Å²) >= 11 is 5.77. The summed E-state index contributed by atoms with van der Waals surface area (Å²) in [5.74, 6) is 1.11. The standard InChI is InChI=1S/C24H23ClN6O/c1-14-10-15(2)21-19(11-14)22(31-24(26-3)30-21)28-12-16-4-7-18(8-5-16)29-23(32)17-6-9-20(25)27-13-17/h4-11,13H,12H2,1-3H3,(H,29,32)(H2,26,28,30,31). The van der Waals surface area contributed by atoms with Crippen molar-refractivity contribution in [2.45, 2.75) is 20.4 Å². The summed E-state index contributed by atoms with van der Waals surface area (Å²) in [7, 11) is 1.81. The summed E-state index contributed by atoms with van der Waals surface area (Å²) in [6.07, 6.45) is 1.45. The van der Waals surface area contributed by atoms with Gasteiger partial charge in [-0.1, -0.05) is 29.8 Å². The smallest absolute Gasteiger partial charge is 0.257 e. The molecule has 1 amide bonds. The molecule has 8 heteroatoms. The maximum absolute atomic E-state index is 12.3. The lowest BCUT2D eigenvalue weighted by molar-refractivity contribution is 0.102. The highest BCUT2D eigenvalue weighted by atomic mass is 35.5. The molecule has 4 rings (SSSR count). The molecule has 0 atom stereocenters. The van der Waals surface area contributed by atoms with E-state index in [0.717, 1.165) is 33.4 Å². The van der Waals surface area contributed by atoms with E-state index in [-0.39, 0.29) is 5.91 Å². The quantitative estimate of drug-likeness (QED) is 0.352. The molecule has 2 aromatic heterocycles. The maximum atomic E-state index is 12.3. The molecule has 0 aliphatic heterocycles. The van der Waals surface area contributed by atoms with E-state index in [2.05, 4.69) is 56.9 Å². The number of aryl methyl sites for hydroxylation is 2. The van der Waals surface area contributed by atoms with Crippen LogP contribution in [0.4, 0.5) is 17.5 Å². The third kappa shape index (κ3) is 4.78. The van der Waals surface area contributed by atoms with Crippen LogP contribution in [0.5, 0.6) is 0 Å². The number of rotatable bonds is 6. The minimum absolute atomic E-state index is 0.238. The Kier molecular flexibility index (Phi) is 6.18. The predicted octanol–water partition coefficient (Wildman–Crippen LogP) is 5.20. The Morgan fingerprint density at radius 1 is 1.03 bits per heavy atom. The van der Waals surface area contributed by atoms with Crippen molar-refractivity contribution in [3.63, 3.8) is 0 Å². The van der Waals surface area contributed by atoms with Crippen LogP contribution >= 0.6 is 11.6 Å². The highest BCUT2D eigenvalue weighted by molar-refractivity contribution is 6.29. The van der Waals surface area contributed by atoms with Gasteiger partial charge in [-0.3, -0.25) is 4.79 Å². The summed E-state index contributed by atoms with van der Waals surface area (Å²) in [6.45, 7) is 4.70. The van der Waals surface area contributed by atoms with Crippen molar-refractivity contribution in [2.75, 3.05) is 23.0 Å². The van der Waals surface area contributed by atoms with Gasteiger partial charge in [0.2, 0.25) is 5.95 Å². The molecule has 3 N–H and O–H groups in total. The second-order valence-corrected chi connectivity index (χ2v) is 7.89. The van der Waals surface area contributed by atoms with Crippen molar-refractivity contribution in [1.82, 2.24) is 15.0 Å². The molecular formula is C24H23ClN6O. The maximum Gasteiger partial charge on any atom is 0.257 e. The Balaban J connectivity index is 1.48. The molecule has 0 aliphatic carbocycles. The first kappa shape index (κ1) is 21.5. The largest absolute Gasteiger partial charge is 0.365 e. The number of fused-ring (bicyclic) bond motifs is 1. The zero-order chi connectivity index (χ0) is 22.7. The van der Waals surface area contributed by atoms with Gasteiger partial charge in [-0.25, -0.2) is 9.97 Å². The first-order valence-corrected chi connectivity index (χ1v) is 10.5. The van der Waals surface area contributed by atoms with Crippen LogP contribution in [0.25, 0.3) is 10.9 Å². The molecule has 7 nitrogen and oxygen atoms in total. The van der Waals surface area contributed by atoms with Crippen LogP contribution in [0.3, 0.4) is 0 Å². The number of nitrogens with one attached hydrogen (secondary N) is 3. The molecule has 0 spiro atoms. The van der Waals surface area contributed by atoms with Gasteiger partial charge < -0.3 is 16.0 Å². The highest BCUT2D eigenvalue weighted by Crippen LogP contribution is 2.26. The predicted molar refractivity (Wildman–Crippen MR) is 130 cm³/mol. The molecule has 2 aromatic carbocycles. The number of carbonyl (C=O) groups is 1. The Morgan fingerprint density at radius 3 is 2.50 bits per heavy atom. The fraction of sp³-hybridized carbons (Fsp3) is 0.167. The van der Waals surface area contributed by atoms with Gasteiger partial charge in [0.15, 0.2) is 0 Å². The molecular weight excluding hydrogens is 424 g/mol. The van der Waals surface area contributed by atoms with Crippen molar-refractivity contribution in [3.8, 4) is 0 Å². The Morgan fingerprint density at radius 2 is 1.81 bits per heavy atom. The van der Waals surface area contributed by atoms with E-state index in [1.807, 2.05) is 31.3 Å². The van der Waals surface area contributed by atoms with Gasteiger partial charge >= 0.3 is 0 Å². The molecule has 0 saturated carbocycles. The van der Waals surface area contributed by atoms with Gasteiger partial charge in [0.05, 0.1) is 11.1 Å². The van der Waals surface area contributed by atoms with Crippen LogP contribution in [0.1, 0.15) is 27.0 Å². The lowest BCUT2D eigenvalue weighted by Crippen LogP contribution is -2.12. The number of hydrogen-bond acceptors (Lipinski definition) is 6. The van der Waals surface area contributed by atoms with E-state index in [1.165, 1.54) is 6.20 Å². The summed E-state index contributed by atoms with van der Waals surface area (Å²) in [4.78, 5) is 25.5. The van der Waals surface area contributed by atoms with Gasteiger partial charge in [0, 0.05) is 30.9 Å². The molecule has 0 fully saturated rings. The SMILES string of the molecule is CNc1nc(NCc2ccc(NC(=O)c3ccc(Cl)nc3)cc2)c2cc(C)cc(C)c2n1. The van der Waals surface area contributed by atoms with E-state index in [0.29, 0.717) is 28.9 Å². The van der Waals surface area contributed by atoms with Crippen molar-refractivity contribution in [3.05, 3.63) is 82.1 Å². The van der Waals surface area contributed by atoms with Crippen LogP contribution in [-0.2, 0) is 6.54 Å². The van der Waals surface area contributed by atoms with Gasteiger partial charge in [-0.05, 0) is 60.9 Å². The number of amides is 1. The molecule has 0 radical (unpaired) electrons. The van der Waals surface area contributed by atoms with Gasteiger partial charge in [0.25, 0.3) is 5.91 Å². The minimum Gasteiger partial charge on any atom is -0.365 e. The van der Waals surface area contributed by atoms with E-state index in [1.54, 1.807) is 12.1 Å². The zero-order valence-electron chi connectivity index (χ0n) is 18.0. The van der Waals surface area contributed by atoms with Gasteiger partial charge in [-0.15, -0.1) is 0 Å². The summed E-state index contributed by atoms with van der Waals surface area (Å²) in [6, 6.07) is 15.1. The van der Waals surface area contributed by atoms with Crippen molar-refractivity contribution in [1.29, 1.82) is 0 Å². The molecule has 2 heterocycles. The fourth-order valence-electron chi connectivity index (χ4n) is 3.44. The van der Waals surface area contributed by atoms with Gasteiger partial charge in [0.1, 0.15) is 11.0 Å². The van der Waals surface area contributed by atoms with E-state index in [9.17, 15) is 4.79 Å². The van der Waals surface area contributed by atoms with Gasteiger partial charge in [-0.2, -0.15) is 4.98 Å². The van der Waals surface area contributed by atoms with Crippen LogP contribution in [-0.4, -0.2) is 27.9 Å². The van der Waals surface area contributed by atoms with Crippen molar-refractivity contribution in [2.24, 2.45) is 0 Å². The monoisotopic (exact) mass is 446 g/mol. The molecule has 4 aromatic rings. The van der Waals surface area contributed by atoms with Crippen molar-refractivity contribution >= 4 is 45.9 Å². The van der Waals surface area contributed by atoms with Crippen LogP contribution in [0.2, 0.25) is 5.15 Å². The number of nitrogens with zero attached hydrogens (tertiary/aromatic N) is 3. The van der Waals surface area contributed by atoms with Crippen LogP contribution in [0.15, 0.2) is 54.7 Å². The number of hydrogen-bond donors (Lipinski definition) is 3. The number of halogens is 1. The Hall–Kier alpha value is -3.71. The van der Waals surface area contributed by atoms with E-state index in [4.69, 9.17) is 11.6 Å². The fourth-order valence-corrected chi connectivity index (χ4v) is 3.55. The molecule has 162 valence electrons. The van der Waals surface area contributed by atoms with Crippen molar-refractivity contribution < 1.29 is 4.79 Å². The summed E-state index contributed by atoms with van der Waals surface area (Å²) in [5, 5.41) is 10.6. The average molecular weight is 447 g/mol. The third-order valence-corrected chi connectivity index (χ3v) is 5.24. The molecule has 0 bridgehead atoms. The minimum atomic E-state index is -0.238. The summed E-state index contributed by atoms with van der Waals surface area (Å²) < 4.78 is 0. The lowest BCUT2D eigenvalue weighted by Gasteiger charge is -2.13. The number of anilines is 3. The average Bonchev–Trinajstić information content (AvgIpc) is 2.79. The number of aromatic nitrogens is 3. The number of pyridine rings is 1. The normalized spacial score (nSPS) is 10.8. The van der Waals surface area contributed by atoms with E-state index >= 15 is 0 Å². The topological polar surface area (TPSA) is 91.8 Å².